The first kappa shape index (κ1) is 15.9. The third-order valence-electron chi connectivity index (χ3n) is 3.49. The van der Waals surface area contributed by atoms with Crippen molar-refractivity contribution in [2.24, 2.45) is 7.05 Å². The second-order valence-electron chi connectivity index (χ2n) is 4.97. The van der Waals surface area contributed by atoms with Gasteiger partial charge in [-0.3, -0.25) is 4.79 Å². The van der Waals surface area contributed by atoms with Crippen molar-refractivity contribution in [3.63, 3.8) is 0 Å². The van der Waals surface area contributed by atoms with Crippen molar-refractivity contribution in [1.82, 2.24) is 23.8 Å². The number of carboxylic acids is 1. The normalized spacial score (nSPS) is 20.5. The van der Waals surface area contributed by atoms with E-state index in [4.69, 9.17) is 5.11 Å². The minimum atomic E-state index is -3.80. The van der Waals surface area contributed by atoms with Crippen LogP contribution in [0.2, 0.25) is 0 Å². The molecule has 1 unspecified atom stereocenters. The van der Waals surface area contributed by atoms with Crippen molar-refractivity contribution in [1.29, 1.82) is 0 Å². The average molecular weight is 317 g/mol. The maximum atomic E-state index is 12.2. The average Bonchev–Trinajstić information content (AvgIpc) is 2.84. The Hall–Kier alpha value is -1.52. The molecule has 0 aliphatic carbocycles. The van der Waals surface area contributed by atoms with Crippen molar-refractivity contribution in [2.75, 3.05) is 13.1 Å². The summed E-state index contributed by atoms with van der Waals surface area (Å²) in [5, 5.41) is 16.7. The molecule has 1 aliphatic heterocycles. The standard InChI is InChI=1S/C11H19N5O4S/c1-15-8-12-14-10(15)5-6-13-21(19,20)16-7-3-2-4-9(16)11(17)18/h8-9,13H,2-7H2,1H3,(H,17,18). The first-order chi connectivity index (χ1) is 9.92. The highest BCUT2D eigenvalue weighted by Crippen LogP contribution is 2.19. The molecule has 0 amide bonds. The zero-order valence-corrected chi connectivity index (χ0v) is 12.6. The van der Waals surface area contributed by atoms with Gasteiger partial charge in [0.05, 0.1) is 0 Å². The van der Waals surface area contributed by atoms with E-state index in [0.29, 0.717) is 25.1 Å². The van der Waals surface area contributed by atoms with Gasteiger partial charge in [0.15, 0.2) is 0 Å². The zero-order valence-electron chi connectivity index (χ0n) is 11.8. The summed E-state index contributed by atoms with van der Waals surface area (Å²) in [6.45, 7) is 0.383. The van der Waals surface area contributed by atoms with Gasteiger partial charge in [0.2, 0.25) is 0 Å². The minimum Gasteiger partial charge on any atom is -0.480 e. The number of nitrogens with one attached hydrogen (secondary N) is 1. The largest absolute Gasteiger partial charge is 0.480 e. The number of nitrogens with zero attached hydrogens (tertiary/aromatic N) is 4. The lowest BCUT2D eigenvalue weighted by atomic mass is 10.1. The fourth-order valence-corrected chi connectivity index (χ4v) is 3.77. The molecule has 9 nitrogen and oxygen atoms in total. The van der Waals surface area contributed by atoms with E-state index in [-0.39, 0.29) is 13.1 Å². The lowest BCUT2D eigenvalue weighted by Crippen LogP contribution is -2.52. The summed E-state index contributed by atoms with van der Waals surface area (Å²) in [5.41, 5.74) is 0. The fourth-order valence-electron chi connectivity index (χ4n) is 2.35. The highest BCUT2D eigenvalue weighted by molar-refractivity contribution is 7.87. The van der Waals surface area contributed by atoms with Gasteiger partial charge in [0.25, 0.3) is 10.2 Å². The lowest BCUT2D eigenvalue weighted by Gasteiger charge is -2.31. The highest BCUT2D eigenvalue weighted by Gasteiger charge is 2.36. The summed E-state index contributed by atoms with van der Waals surface area (Å²) in [6, 6.07) is -0.980. The zero-order chi connectivity index (χ0) is 15.5. The molecule has 21 heavy (non-hydrogen) atoms. The molecule has 1 aliphatic rings. The van der Waals surface area contributed by atoms with Crippen molar-refractivity contribution in [3.8, 4) is 0 Å². The Kier molecular flexibility index (Phi) is 4.91. The van der Waals surface area contributed by atoms with Gasteiger partial charge in [-0.15, -0.1) is 10.2 Å². The molecule has 1 fully saturated rings. The third-order valence-corrected chi connectivity index (χ3v) is 5.11. The molecule has 2 rings (SSSR count). The monoisotopic (exact) mass is 317 g/mol. The van der Waals surface area contributed by atoms with Crippen LogP contribution in [-0.4, -0.2) is 57.7 Å². The molecule has 1 atom stereocenters. The first-order valence-electron chi connectivity index (χ1n) is 6.74. The van der Waals surface area contributed by atoms with Crippen molar-refractivity contribution >= 4 is 16.2 Å². The Morgan fingerprint density at radius 1 is 1.52 bits per heavy atom. The number of aryl methyl sites for hydroxylation is 1. The van der Waals surface area contributed by atoms with E-state index in [1.54, 1.807) is 11.6 Å². The summed E-state index contributed by atoms with van der Waals surface area (Å²) < 4.78 is 29.6. The molecular weight excluding hydrogens is 298 g/mol. The predicted molar refractivity (Wildman–Crippen MR) is 73.6 cm³/mol. The Labute approximate surface area is 123 Å². The molecule has 1 aromatic heterocycles. The van der Waals surface area contributed by atoms with Crippen LogP contribution in [0.15, 0.2) is 6.33 Å². The quantitative estimate of drug-likeness (QED) is 0.704. The van der Waals surface area contributed by atoms with E-state index in [2.05, 4.69) is 14.9 Å². The maximum absolute atomic E-state index is 12.2. The van der Waals surface area contributed by atoms with E-state index < -0.39 is 22.2 Å². The Morgan fingerprint density at radius 2 is 2.29 bits per heavy atom. The van der Waals surface area contributed by atoms with Crippen LogP contribution in [0.1, 0.15) is 25.1 Å². The molecular formula is C11H19N5O4S. The number of carboxylic acid groups (broad SMARTS) is 1. The number of hydrogen-bond acceptors (Lipinski definition) is 5. The number of rotatable bonds is 6. The van der Waals surface area contributed by atoms with Crippen LogP contribution in [0.3, 0.4) is 0 Å². The molecule has 0 saturated carbocycles. The van der Waals surface area contributed by atoms with Crippen LogP contribution >= 0.6 is 0 Å². The molecule has 10 heteroatoms. The fraction of sp³-hybridized carbons (Fsp3) is 0.727. The van der Waals surface area contributed by atoms with Crippen molar-refractivity contribution < 1.29 is 18.3 Å². The summed E-state index contributed by atoms with van der Waals surface area (Å²) in [6.07, 6.45) is 3.67. The number of hydrogen-bond donors (Lipinski definition) is 2. The van der Waals surface area contributed by atoms with E-state index in [1.807, 2.05) is 0 Å². The van der Waals surface area contributed by atoms with Gasteiger partial charge < -0.3 is 9.67 Å². The smallest absolute Gasteiger partial charge is 0.322 e. The van der Waals surface area contributed by atoms with Crippen LogP contribution in [0.25, 0.3) is 0 Å². The van der Waals surface area contributed by atoms with E-state index in [0.717, 1.165) is 10.7 Å². The van der Waals surface area contributed by atoms with Crippen molar-refractivity contribution in [3.05, 3.63) is 12.2 Å². The van der Waals surface area contributed by atoms with E-state index in [9.17, 15) is 13.2 Å². The first-order valence-corrected chi connectivity index (χ1v) is 8.18. The van der Waals surface area contributed by atoms with Gasteiger partial charge in [-0.1, -0.05) is 0 Å². The molecule has 0 aromatic carbocycles. The molecule has 0 radical (unpaired) electrons. The molecule has 0 spiro atoms. The van der Waals surface area contributed by atoms with Gasteiger partial charge in [-0.2, -0.15) is 12.7 Å². The molecule has 118 valence electrons. The van der Waals surface area contributed by atoms with Gasteiger partial charge in [-0.25, -0.2) is 4.72 Å². The summed E-state index contributed by atoms with van der Waals surface area (Å²) in [7, 11) is -2.03. The molecule has 1 aromatic rings. The summed E-state index contributed by atoms with van der Waals surface area (Å²) in [4.78, 5) is 11.2. The minimum absolute atomic E-state index is 0.151. The van der Waals surface area contributed by atoms with E-state index in [1.165, 1.54) is 6.33 Å². The number of aliphatic carboxylic acids is 1. The molecule has 2 heterocycles. The lowest BCUT2D eigenvalue weighted by molar-refractivity contribution is -0.142. The molecule has 1 saturated heterocycles. The molecule has 0 bridgehead atoms. The Bertz CT molecular complexity index is 600. The third kappa shape index (κ3) is 3.77. The highest BCUT2D eigenvalue weighted by atomic mass is 32.2. The second kappa shape index (κ2) is 6.50. The topological polar surface area (TPSA) is 117 Å². The van der Waals surface area contributed by atoms with E-state index >= 15 is 0 Å². The Balaban J connectivity index is 1.97. The summed E-state index contributed by atoms with van der Waals surface area (Å²) >= 11 is 0. The van der Waals surface area contributed by atoms with Crippen LogP contribution in [0, 0.1) is 0 Å². The number of piperidine rings is 1. The number of aromatic nitrogens is 3. The maximum Gasteiger partial charge on any atom is 0.322 e. The summed E-state index contributed by atoms with van der Waals surface area (Å²) in [5.74, 6) is -0.445. The second-order valence-corrected chi connectivity index (χ2v) is 6.68. The van der Waals surface area contributed by atoms with Crippen molar-refractivity contribution in [2.45, 2.75) is 31.7 Å². The van der Waals surface area contributed by atoms with Crippen LogP contribution in [0.5, 0.6) is 0 Å². The van der Waals surface area contributed by atoms with Crippen LogP contribution in [-0.2, 0) is 28.5 Å². The van der Waals surface area contributed by atoms with Gasteiger partial charge in [-0.05, 0) is 19.3 Å². The van der Waals surface area contributed by atoms with Gasteiger partial charge in [0, 0.05) is 26.6 Å². The SMILES string of the molecule is Cn1cnnc1CCNS(=O)(=O)N1CCCCC1C(=O)O. The van der Waals surface area contributed by atoms with Gasteiger partial charge in [0.1, 0.15) is 18.2 Å². The predicted octanol–water partition coefficient (Wildman–Crippen LogP) is -0.869. The Morgan fingerprint density at radius 3 is 2.90 bits per heavy atom. The molecule has 2 N–H and O–H groups in total. The van der Waals surface area contributed by atoms with Crippen LogP contribution < -0.4 is 4.72 Å². The number of carbonyl (C=O) groups is 1. The van der Waals surface area contributed by atoms with Gasteiger partial charge >= 0.3 is 5.97 Å². The van der Waals surface area contributed by atoms with Crippen LogP contribution in [0.4, 0.5) is 0 Å².